The summed E-state index contributed by atoms with van der Waals surface area (Å²) in [5, 5.41) is 5.84. The molecule has 0 unspecified atom stereocenters. The zero-order valence-electron chi connectivity index (χ0n) is 13.8. The minimum atomic E-state index is -1.22. The Morgan fingerprint density at radius 1 is 1.29 bits per heavy atom. The summed E-state index contributed by atoms with van der Waals surface area (Å²) in [5.74, 6) is 0.295. The first-order chi connectivity index (χ1) is 11.6. The van der Waals surface area contributed by atoms with Gasteiger partial charge in [-0.1, -0.05) is 42.7 Å². The van der Waals surface area contributed by atoms with Crippen molar-refractivity contribution in [3.8, 4) is 10.6 Å². The predicted molar refractivity (Wildman–Crippen MR) is 99.4 cm³/mol. The van der Waals surface area contributed by atoms with E-state index in [1.54, 1.807) is 11.3 Å². The number of nitrogens with one attached hydrogen (secondary N) is 1. The second-order valence-electron chi connectivity index (χ2n) is 6.29. The van der Waals surface area contributed by atoms with Gasteiger partial charge in [0.05, 0.1) is 11.4 Å². The fourth-order valence-electron chi connectivity index (χ4n) is 2.90. The third-order valence-corrected chi connectivity index (χ3v) is 6.31. The summed E-state index contributed by atoms with van der Waals surface area (Å²) in [6, 6.07) is 8.49. The van der Waals surface area contributed by atoms with Crippen LogP contribution in [0.5, 0.6) is 0 Å². The van der Waals surface area contributed by atoms with Gasteiger partial charge in [0, 0.05) is 27.8 Å². The molecule has 1 saturated carbocycles. The molecule has 1 N–H and O–H groups in total. The quantitative estimate of drug-likeness (QED) is 0.856. The molecular formula is C18H22N2O2S2. The number of aryl methyl sites for hydroxylation is 1. The fourth-order valence-corrected chi connectivity index (χ4v) is 4.79. The topological polar surface area (TPSA) is 59.1 Å². The summed E-state index contributed by atoms with van der Waals surface area (Å²) in [4.78, 5) is 16.5. The zero-order valence-corrected chi connectivity index (χ0v) is 15.4. The van der Waals surface area contributed by atoms with Gasteiger partial charge in [-0.05, 0) is 19.8 Å². The van der Waals surface area contributed by atoms with Gasteiger partial charge in [0.15, 0.2) is 0 Å². The number of thiazole rings is 1. The molecule has 4 nitrogen and oxygen atoms in total. The lowest BCUT2D eigenvalue weighted by molar-refractivity contribution is -0.119. The van der Waals surface area contributed by atoms with Crippen LogP contribution in [-0.4, -0.2) is 26.9 Å². The van der Waals surface area contributed by atoms with Crippen LogP contribution < -0.4 is 5.32 Å². The Bertz CT molecular complexity index is 719. The molecule has 1 fully saturated rings. The van der Waals surface area contributed by atoms with Gasteiger partial charge in [-0.3, -0.25) is 9.00 Å². The Labute approximate surface area is 149 Å². The summed E-state index contributed by atoms with van der Waals surface area (Å²) < 4.78 is 12.2. The summed E-state index contributed by atoms with van der Waals surface area (Å²) in [6.07, 6.45) is 4.44. The van der Waals surface area contributed by atoms with Gasteiger partial charge >= 0.3 is 0 Å². The van der Waals surface area contributed by atoms with Gasteiger partial charge < -0.3 is 5.32 Å². The van der Waals surface area contributed by atoms with E-state index in [1.807, 2.05) is 17.5 Å². The molecule has 6 heteroatoms. The van der Waals surface area contributed by atoms with Crippen molar-refractivity contribution in [3.63, 3.8) is 0 Å². The van der Waals surface area contributed by atoms with Crippen molar-refractivity contribution in [2.75, 3.05) is 5.75 Å². The Balaban J connectivity index is 1.53. The molecule has 1 aliphatic carbocycles. The molecule has 128 valence electrons. The van der Waals surface area contributed by atoms with Crippen LogP contribution >= 0.6 is 11.3 Å². The molecule has 1 aromatic carbocycles. The summed E-state index contributed by atoms with van der Waals surface area (Å²) in [7, 11) is -1.22. The van der Waals surface area contributed by atoms with Crippen LogP contribution in [0.4, 0.5) is 0 Å². The summed E-state index contributed by atoms with van der Waals surface area (Å²) in [5.41, 5.74) is 3.08. The highest BCUT2D eigenvalue weighted by molar-refractivity contribution is 7.84. The lowest BCUT2D eigenvalue weighted by Crippen LogP contribution is -2.35. The van der Waals surface area contributed by atoms with Crippen LogP contribution in [-0.2, 0) is 21.3 Å². The van der Waals surface area contributed by atoms with Gasteiger partial charge in [-0.2, -0.15) is 0 Å². The van der Waals surface area contributed by atoms with Gasteiger partial charge in [-0.15, -0.1) is 11.3 Å². The first-order valence-electron chi connectivity index (χ1n) is 8.26. The average molecular weight is 363 g/mol. The molecule has 0 bridgehead atoms. The van der Waals surface area contributed by atoms with Crippen LogP contribution in [0, 0.1) is 6.92 Å². The van der Waals surface area contributed by atoms with Crippen molar-refractivity contribution in [2.24, 2.45) is 0 Å². The summed E-state index contributed by atoms with van der Waals surface area (Å²) >= 11 is 1.55. The van der Waals surface area contributed by atoms with E-state index in [9.17, 15) is 9.00 Å². The van der Waals surface area contributed by atoms with Crippen molar-refractivity contribution in [2.45, 2.75) is 44.4 Å². The highest BCUT2D eigenvalue weighted by Gasteiger charge is 2.18. The van der Waals surface area contributed by atoms with E-state index in [1.165, 1.54) is 18.4 Å². The van der Waals surface area contributed by atoms with Crippen LogP contribution in [0.1, 0.15) is 36.9 Å². The first kappa shape index (κ1) is 17.3. The maximum atomic E-state index is 12.2. The van der Waals surface area contributed by atoms with Crippen molar-refractivity contribution in [1.29, 1.82) is 0 Å². The Morgan fingerprint density at radius 2 is 2.00 bits per heavy atom. The Kier molecular flexibility index (Phi) is 5.79. The number of carbonyl (C=O) groups is 1. The summed E-state index contributed by atoms with van der Waals surface area (Å²) in [6.45, 7) is 2.05. The van der Waals surface area contributed by atoms with Crippen LogP contribution in [0.3, 0.4) is 0 Å². The van der Waals surface area contributed by atoms with Crippen molar-refractivity contribution >= 4 is 28.0 Å². The van der Waals surface area contributed by atoms with E-state index in [4.69, 9.17) is 0 Å². The minimum absolute atomic E-state index is 0.0634. The molecule has 1 heterocycles. The second kappa shape index (κ2) is 8.03. The lowest BCUT2D eigenvalue weighted by Gasteiger charge is -2.11. The predicted octanol–water partition coefficient (Wildman–Crippen LogP) is 3.43. The molecule has 1 aromatic heterocycles. The molecule has 3 rings (SSSR count). The minimum Gasteiger partial charge on any atom is -0.353 e. The first-order valence-corrected chi connectivity index (χ1v) is 10.6. The third kappa shape index (κ3) is 4.74. The zero-order chi connectivity index (χ0) is 16.9. The number of hydrogen-bond donors (Lipinski definition) is 1. The maximum Gasteiger partial charge on any atom is 0.232 e. The van der Waals surface area contributed by atoms with Crippen molar-refractivity contribution in [1.82, 2.24) is 10.3 Å². The van der Waals surface area contributed by atoms with E-state index in [0.29, 0.717) is 5.75 Å². The smallest absolute Gasteiger partial charge is 0.232 e. The molecule has 1 atom stereocenters. The Hall–Kier alpha value is -1.53. The van der Waals surface area contributed by atoms with Crippen LogP contribution in [0.25, 0.3) is 10.6 Å². The van der Waals surface area contributed by atoms with Crippen molar-refractivity contribution < 1.29 is 9.00 Å². The van der Waals surface area contributed by atoms with E-state index in [0.717, 1.165) is 29.1 Å². The largest absolute Gasteiger partial charge is 0.353 e. The molecule has 0 radical (unpaired) electrons. The van der Waals surface area contributed by atoms with E-state index >= 15 is 0 Å². The SMILES string of the molecule is Cc1ccc(-c2nc(C[S@@](=O)CC(=O)NC3CCCC3)cs2)cc1. The standard InChI is InChI=1S/C18H22N2O2S2/c1-13-6-8-14(9-7-13)18-20-16(10-23-18)11-24(22)12-17(21)19-15-4-2-3-5-15/h6-10,15H,2-5,11-12H2,1H3,(H,19,21)/t24-/m1/s1. The van der Waals surface area contributed by atoms with E-state index < -0.39 is 10.8 Å². The number of aromatic nitrogens is 1. The van der Waals surface area contributed by atoms with Gasteiger partial charge in [-0.25, -0.2) is 4.98 Å². The Morgan fingerprint density at radius 3 is 2.71 bits per heavy atom. The normalized spacial score (nSPS) is 16.2. The molecular weight excluding hydrogens is 340 g/mol. The van der Waals surface area contributed by atoms with Crippen molar-refractivity contribution in [3.05, 3.63) is 40.9 Å². The average Bonchev–Trinajstić information content (AvgIpc) is 3.19. The second-order valence-corrected chi connectivity index (χ2v) is 8.60. The van der Waals surface area contributed by atoms with E-state index in [2.05, 4.69) is 29.4 Å². The van der Waals surface area contributed by atoms with Gasteiger partial charge in [0.1, 0.15) is 10.8 Å². The number of nitrogens with zero attached hydrogens (tertiary/aromatic N) is 1. The maximum absolute atomic E-state index is 12.2. The number of hydrogen-bond acceptors (Lipinski definition) is 4. The molecule has 1 aliphatic rings. The van der Waals surface area contributed by atoms with Crippen LogP contribution in [0.2, 0.25) is 0 Å². The third-order valence-electron chi connectivity index (χ3n) is 4.17. The molecule has 0 aliphatic heterocycles. The number of carbonyl (C=O) groups excluding carboxylic acids is 1. The number of amides is 1. The van der Waals surface area contributed by atoms with E-state index in [-0.39, 0.29) is 17.7 Å². The molecule has 1 amide bonds. The monoisotopic (exact) mass is 362 g/mol. The van der Waals surface area contributed by atoms with Gasteiger partial charge in [0.25, 0.3) is 0 Å². The molecule has 24 heavy (non-hydrogen) atoms. The number of benzene rings is 1. The fraction of sp³-hybridized carbons (Fsp3) is 0.444. The molecule has 0 spiro atoms. The highest BCUT2D eigenvalue weighted by atomic mass is 32.2. The lowest BCUT2D eigenvalue weighted by atomic mass is 10.2. The number of rotatable bonds is 6. The van der Waals surface area contributed by atoms with Gasteiger partial charge in [0.2, 0.25) is 5.91 Å². The molecule has 2 aromatic rings. The highest BCUT2D eigenvalue weighted by Crippen LogP contribution is 2.24. The van der Waals surface area contributed by atoms with Crippen LogP contribution in [0.15, 0.2) is 29.6 Å². The molecule has 0 saturated heterocycles.